The number of carbonyl (C=O) groups excluding carboxylic acids is 2. The Labute approximate surface area is 199 Å². The molecule has 4 N–H and O–H groups in total. The van der Waals surface area contributed by atoms with Gasteiger partial charge in [-0.25, -0.2) is 0 Å². The number of aryl methyl sites for hydroxylation is 1. The Balaban J connectivity index is 0.00000181. The number of carbonyl (C=O) groups is 2. The molecule has 1 aliphatic rings. The molecule has 3 aromatic rings. The van der Waals surface area contributed by atoms with Crippen LogP contribution in [0.1, 0.15) is 37.6 Å². The van der Waals surface area contributed by atoms with Crippen molar-refractivity contribution in [3.05, 3.63) is 58.3 Å². The SMILES string of the molecule is CNCCNc1c2c(c(NCCNC)c3oc(C)cc13)C(=O)c1ccccc1C2=O.Cl.Cl. The van der Waals surface area contributed by atoms with E-state index in [1.54, 1.807) is 24.3 Å². The summed E-state index contributed by atoms with van der Waals surface area (Å²) in [4.78, 5) is 27.1. The number of hydrogen-bond acceptors (Lipinski definition) is 7. The van der Waals surface area contributed by atoms with Crippen molar-refractivity contribution in [3.8, 4) is 0 Å². The van der Waals surface area contributed by atoms with Crippen LogP contribution < -0.4 is 21.3 Å². The Morgan fingerprint density at radius 3 is 1.81 bits per heavy atom. The Bertz CT molecular complexity index is 1060. The lowest BCUT2D eigenvalue weighted by Crippen LogP contribution is -2.27. The summed E-state index contributed by atoms with van der Waals surface area (Å²) >= 11 is 0. The van der Waals surface area contributed by atoms with Gasteiger partial charge in [0.05, 0.1) is 22.5 Å². The zero-order valence-corrected chi connectivity index (χ0v) is 19.9. The van der Waals surface area contributed by atoms with Gasteiger partial charge >= 0.3 is 0 Å². The van der Waals surface area contributed by atoms with E-state index >= 15 is 0 Å². The number of halogens is 2. The lowest BCUT2D eigenvalue weighted by molar-refractivity contribution is 0.0980. The molecule has 7 nitrogen and oxygen atoms in total. The van der Waals surface area contributed by atoms with Crippen LogP contribution in [0.4, 0.5) is 11.4 Å². The van der Waals surface area contributed by atoms with Crippen molar-refractivity contribution in [2.75, 3.05) is 50.9 Å². The van der Waals surface area contributed by atoms with Gasteiger partial charge < -0.3 is 25.7 Å². The van der Waals surface area contributed by atoms with Crippen LogP contribution in [-0.4, -0.2) is 51.8 Å². The molecule has 0 radical (unpaired) electrons. The molecule has 0 atom stereocenters. The maximum absolute atomic E-state index is 13.6. The Kier molecular flexibility index (Phi) is 8.69. The van der Waals surface area contributed by atoms with Crippen LogP contribution in [0.3, 0.4) is 0 Å². The van der Waals surface area contributed by atoms with Crippen molar-refractivity contribution < 1.29 is 14.0 Å². The maximum Gasteiger partial charge on any atom is 0.196 e. The number of nitrogens with one attached hydrogen (secondary N) is 4. The first-order chi connectivity index (χ1) is 14.6. The summed E-state index contributed by atoms with van der Waals surface area (Å²) in [6.45, 7) is 4.49. The molecule has 1 aliphatic carbocycles. The first-order valence-corrected chi connectivity index (χ1v) is 10.1. The van der Waals surface area contributed by atoms with Crippen LogP contribution >= 0.6 is 24.8 Å². The first-order valence-electron chi connectivity index (χ1n) is 10.1. The van der Waals surface area contributed by atoms with Crippen molar-refractivity contribution in [2.24, 2.45) is 0 Å². The molecule has 172 valence electrons. The van der Waals surface area contributed by atoms with Gasteiger partial charge in [-0.05, 0) is 27.1 Å². The van der Waals surface area contributed by atoms with E-state index < -0.39 is 0 Å². The van der Waals surface area contributed by atoms with Crippen LogP contribution in [0, 0.1) is 6.92 Å². The van der Waals surface area contributed by atoms with E-state index in [4.69, 9.17) is 4.42 Å². The monoisotopic (exact) mass is 478 g/mol. The summed E-state index contributed by atoms with van der Waals surface area (Å²) in [7, 11) is 3.73. The lowest BCUT2D eigenvalue weighted by atomic mass is 9.81. The summed E-state index contributed by atoms with van der Waals surface area (Å²) in [5, 5.41) is 13.7. The molecule has 0 bridgehead atoms. The van der Waals surface area contributed by atoms with Crippen molar-refractivity contribution in [1.82, 2.24) is 10.6 Å². The Hall–Kier alpha value is -2.58. The molecule has 0 aliphatic heterocycles. The van der Waals surface area contributed by atoms with Crippen molar-refractivity contribution in [1.29, 1.82) is 0 Å². The Morgan fingerprint density at radius 2 is 1.28 bits per heavy atom. The van der Waals surface area contributed by atoms with E-state index in [-0.39, 0.29) is 36.4 Å². The van der Waals surface area contributed by atoms with E-state index in [9.17, 15) is 9.59 Å². The zero-order valence-electron chi connectivity index (χ0n) is 18.3. The molecule has 1 heterocycles. The molecule has 0 saturated heterocycles. The minimum atomic E-state index is -0.167. The minimum Gasteiger partial charge on any atom is -0.459 e. The smallest absolute Gasteiger partial charge is 0.196 e. The van der Waals surface area contributed by atoms with Gasteiger partial charge in [-0.3, -0.25) is 9.59 Å². The van der Waals surface area contributed by atoms with E-state index in [2.05, 4.69) is 21.3 Å². The molecular weight excluding hydrogens is 451 g/mol. The van der Waals surface area contributed by atoms with Gasteiger partial charge in [-0.1, -0.05) is 24.3 Å². The second kappa shape index (κ2) is 10.8. The van der Waals surface area contributed by atoms with Crippen molar-refractivity contribution in [2.45, 2.75) is 6.92 Å². The molecule has 0 amide bonds. The number of benzene rings is 2. The molecule has 2 aromatic carbocycles. The lowest BCUT2D eigenvalue weighted by Gasteiger charge is -2.24. The summed E-state index contributed by atoms with van der Waals surface area (Å²) < 4.78 is 6.01. The number of anilines is 2. The number of ketones is 2. The third kappa shape index (κ3) is 4.34. The van der Waals surface area contributed by atoms with Gasteiger partial charge in [0.1, 0.15) is 5.76 Å². The molecule has 9 heteroatoms. The fourth-order valence-corrected chi connectivity index (χ4v) is 3.96. The quantitative estimate of drug-likeness (QED) is 0.227. The van der Waals surface area contributed by atoms with E-state index in [0.717, 1.165) is 11.1 Å². The third-order valence-corrected chi connectivity index (χ3v) is 5.33. The average molecular weight is 479 g/mol. The van der Waals surface area contributed by atoms with Crippen LogP contribution in [0.2, 0.25) is 0 Å². The molecule has 0 unspecified atom stereocenters. The van der Waals surface area contributed by atoms with Gasteiger partial charge in [-0.2, -0.15) is 0 Å². The Morgan fingerprint density at radius 1 is 0.781 bits per heavy atom. The van der Waals surface area contributed by atoms with Crippen LogP contribution in [-0.2, 0) is 0 Å². The number of likely N-dealkylation sites (N-methyl/N-ethyl adjacent to an activating group) is 2. The van der Waals surface area contributed by atoms with Crippen LogP contribution in [0.15, 0.2) is 34.7 Å². The van der Waals surface area contributed by atoms with Gasteiger partial charge in [0.25, 0.3) is 0 Å². The van der Waals surface area contributed by atoms with Crippen LogP contribution in [0.25, 0.3) is 11.0 Å². The third-order valence-electron chi connectivity index (χ3n) is 5.33. The van der Waals surface area contributed by atoms with Gasteiger partial charge in [0.15, 0.2) is 17.1 Å². The second-order valence-corrected chi connectivity index (χ2v) is 7.36. The average Bonchev–Trinajstić information content (AvgIpc) is 3.14. The zero-order chi connectivity index (χ0) is 21.3. The summed E-state index contributed by atoms with van der Waals surface area (Å²) in [5.74, 6) is 0.405. The molecule has 32 heavy (non-hydrogen) atoms. The number of fused-ring (bicyclic) bond motifs is 3. The van der Waals surface area contributed by atoms with Crippen molar-refractivity contribution >= 4 is 58.7 Å². The summed E-state index contributed by atoms with van der Waals surface area (Å²) in [6, 6.07) is 8.91. The molecule has 4 rings (SSSR count). The predicted octanol–water partition coefficient (Wildman–Crippen LogP) is 3.62. The highest BCUT2D eigenvalue weighted by atomic mass is 35.5. The largest absolute Gasteiger partial charge is 0.459 e. The number of hydrogen-bond donors (Lipinski definition) is 4. The fraction of sp³-hybridized carbons (Fsp3) is 0.304. The van der Waals surface area contributed by atoms with Gasteiger partial charge in [-0.15, -0.1) is 24.8 Å². The van der Waals surface area contributed by atoms with Crippen molar-refractivity contribution in [3.63, 3.8) is 0 Å². The topological polar surface area (TPSA) is 95.4 Å². The number of furan rings is 1. The van der Waals surface area contributed by atoms with E-state index in [1.165, 1.54) is 0 Å². The number of rotatable bonds is 8. The maximum atomic E-state index is 13.6. The molecule has 0 spiro atoms. The standard InChI is InChI=1S/C23H26N4O3.2ClH/c1-13-12-16-19(26-10-8-24-2)17-18(20(23(16)30-13)27-11-9-25-3)22(29)15-7-5-4-6-14(15)21(17)28;;/h4-7,12,24-27H,8-11H2,1-3H3;2*1H. The minimum absolute atomic E-state index is 0. The van der Waals surface area contributed by atoms with Crippen LogP contribution in [0.5, 0.6) is 0 Å². The molecular formula is C23H28Cl2N4O3. The second-order valence-electron chi connectivity index (χ2n) is 7.36. The van der Waals surface area contributed by atoms with Gasteiger partial charge in [0, 0.05) is 42.7 Å². The fourth-order valence-electron chi connectivity index (χ4n) is 3.96. The van der Waals surface area contributed by atoms with E-state index in [0.29, 0.717) is 65.4 Å². The summed E-state index contributed by atoms with van der Waals surface area (Å²) in [5.41, 5.74) is 3.48. The van der Waals surface area contributed by atoms with E-state index in [1.807, 2.05) is 27.1 Å². The molecule has 1 aromatic heterocycles. The highest BCUT2D eigenvalue weighted by molar-refractivity contribution is 6.34. The first kappa shape index (κ1) is 25.7. The predicted molar refractivity (Wildman–Crippen MR) is 134 cm³/mol. The summed E-state index contributed by atoms with van der Waals surface area (Å²) in [6.07, 6.45) is 0. The highest BCUT2D eigenvalue weighted by Crippen LogP contribution is 2.44. The van der Waals surface area contributed by atoms with Gasteiger partial charge in [0.2, 0.25) is 0 Å². The molecule has 0 saturated carbocycles. The normalized spacial score (nSPS) is 12.0. The highest BCUT2D eigenvalue weighted by Gasteiger charge is 2.36. The molecule has 0 fully saturated rings.